The Labute approximate surface area is 94.9 Å². The standard InChI is InChI=1S/C11H16N4O/c1-9-8-15(6-2-3-13-9)11(16)10-7-12-4-5-14-10/h4-5,7,9,13H,2-3,6,8H2,1H3. The van der Waals surface area contributed by atoms with E-state index in [9.17, 15) is 4.79 Å². The number of amides is 1. The molecule has 0 bridgehead atoms. The second-order valence-corrected chi connectivity index (χ2v) is 4.05. The van der Waals surface area contributed by atoms with Gasteiger partial charge in [0.15, 0.2) is 0 Å². The fourth-order valence-electron chi connectivity index (χ4n) is 1.86. The minimum atomic E-state index is -0.0244. The number of carbonyl (C=O) groups excluding carboxylic acids is 1. The number of hydrogen-bond donors (Lipinski definition) is 1. The molecule has 0 aliphatic carbocycles. The van der Waals surface area contributed by atoms with Gasteiger partial charge in [-0.3, -0.25) is 9.78 Å². The summed E-state index contributed by atoms with van der Waals surface area (Å²) in [6, 6.07) is 0.336. The number of rotatable bonds is 1. The van der Waals surface area contributed by atoms with Crippen molar-refractivity contribution in [2.24, 2.45) is 0 Å². The third-order valence-electron chi connectivity index (χ3n) is 2.66. The zero-order chi connectivity index (χ0) is 11.4. The van der Waals surface area contributed by atoms with Crippen LogP contribution in [0.1, 0.15) is 23.8 Å². The Hall–Kier alpha value is -1.49. The van der Waals surface area contributed by atoms with Crippen LogP contribution in [-0.4, -0.2) is 46.5 Å². The molecule has 1 atom stereocenters. The van der Waals surface area contributed by atoms with Gasteiger partial charge >= 0.3 is 0 Å². The van der Waals surface area contributed by atoms with Crippen LogP contribution in [0, 0.1) is 0 Å². The molecule has 2 rings (SSSR count). The van der Waals surface area contributed by atoms with Crippen LogP contribution in [0.2, 0.25) is 0 Å². The van der Waals surface area contributed by atoms with Crippen LogP contribution < -0.4 is 5.32 Å². The van der Waals surface area contributed by atoms with Crippen molar-refractivity contribution in [3.63, 3.8) is 0 Å². The van der Waals surface area contributed by atoms with Gasteiger partial charge in [-0.05, 0) is 19.9 Å². The van der Waals surface area contributed by atoms with Crippen molar-refractivity contribution in [1.29, 1.82) is 0 Å². The van der Waals surface area contributed by atoms with E-state index in [0.29, 0.717) is 11.7 Å². The summed E-state index contributed by atoms with van der Waals surface area (Å²) in [5, 5.41) is 3.35. The summed E-state index contributed by atoms with van der Waals surface area (Å²) in [5.41, 5.74) is 0.427. The summed E-state index contributed by atoms with van der Waals surface area (Å²) >= 11 is 0. The normalized spacial score (nSPS) is 21.6. The zero-order valence-corrected chi connectivity index (χ0v) is 9.39. The highest BCUT2D eigenvalue weighted by atomic mass is 16.2. The van der Waals surface area contributed by atoms with E-state index in [1.807, 2.05) is 4.90 Å². The highest BCUT2D eigenvalue weighted by molar-refractivity contribution is 5.92. The Bertz CT molecular complexity index is 354. The monoisotopic (exact) mass is 220 g/mol. The lowest BCUT2D eigenvalue weighted by Crippen LogP contribution is -2.39. The van der Waals surface area contributed by atoms with E-state index >= 15 is 0 Å². The molecule has 1 saturated heterocycles. The third-order valence-corrected chi connectivity index (χ3v) is 2.66. The van der Waals surface area contributed by atoms with Gasteiger partial charge in [-0.2, -0.15) is 0 Å². The Morgan fingerprint density at radius 3 is 3.19 bits per heavy atom. The molecule has 1 unspecified atom stereocenters. The van der Waals surface area contributed by atoms with E-state index < -0.39 is 0 Å². The summed E-state index contributed by atoms with van der Waals surface area (Å²) in [5.74, 6) is -0.0244. The molecule has 1 aliphatic rings. The average molecular weight is 220 g/mol. The molecule has 2 heterocycles. The summed E-state index contributed by atoms with van der Waals surface area (Å²) in [6.07, 6.45) is 5.62. The summed E-state index contributed by atoms with van der Waals surface area (Å²) in [6.45, 7) is 4.57. The minimum Gasteiger partial charge on any atom is -0.336 e. The van der Waals surface area contributed by atoms with Gasteiger partial charge in [0.1, 0.15) is 5.69 Å². The van der Waals surface area contributed by atoms with Crippen molar-refractivity contribution in [3.8, 4) is 0 Å². The van der Waals surface area contributed by atoms with E-state index in [1.54, 1.807) is 12.4 Å². The maximum absolute atomic E-state index is 12.1. The first-order valence-electron chi connectivity index (χ1n) is 5.56. The van der Waals surface area contributed by atoms with Gasteiger partial charge in [-0.25, -0.2) is 4.98 Å². The molecule has 16 heavy (non-hydrogen) atoms. The first kappa shape index (κ1) is 11.0. The van der Waals surface area contributed by atoms with E-state index in [4.69, 9.17) is 0 Å². The average Bonchev–Trinajstić information content (AvgIpc) is 2.54. The Balaban J connectivity index is 2.09. The molecule has 1 aromatic rings. The van der Waals surface area contributed by atoms with E-state index in [1.165, 1.54) is 6.20 Å². The van der Waals surface area contributed by atoms with Crippen molar-refractivity contribution in [3.05, 3.63) is 24.3 Å². The predicted octanol–water partition coefficient (Wildman–Crippen LogP) is 0.301. The molecule has 86 valence electrons. The molecule has 5 heteroatoms. The Kier molecular flexibility index (Phi) is 3.46. The molecule has 1 aromatic heterocycles. The van der Waals surface area contributed by atoms with Crippen molar-refractivity contribution >= 4 is 5.91 Å². The number of aromatic nitrogens is 2. The highest BCUT2D eigenvalue weighted by Crippen LogP contribution is 2.05. The van der Waals surface area contributed by atoms with Crippen LogP contribution in [0.3, 0.4) is 0 Å². The number of carbonyl (C=O) groups is 1. The van der Waals surface area contributed by atoms with Gasteiger partial charge < -0.3 is 10.2 Å². The predicted molar refractivity (Wildman–Crippen MR) is 60.0 cm³/mol. The van der Waals surface area contributed by atoms with Gasteiger partial charge in [0.25, 0.3) is 5.91 Å². The first-order valence-corrected chi connectivity index (χ1v) is 5.56. The quantitative estimate of drug-likeness (QED) is 0.739. The molecule has 0 saturated carbocycles. The van der Waals surface area contributed by atoms with Crippen molar-refractivity contribution in [2.75, 3.05) is 19.6 Å². The summed E-state index contributed by atoms with van der Waals surface area (Å²) in [4.78, 5) is 21.9. The SMILES string of the molecule is CC1CN(C(=O)c2cnccn2)CCCN1. The molecule has 1 N–H and O–H groups in total. The maximum Gasteiger partial charge on any atom is 0.274 e. The minimum absolute atomic E-state index is 0.0244. The van der Waals surface area contributed by atoms with E-state index in [2.05, 4.69) is 22.2 Å². The van der Waals surface area contributed by atoms with Crippen LogP contribution in [0.25, 0.3) is 0 Å². The fraction of sp³-hybridized carbons (Fsp3) is 0.545. The van der Waals surface area contributed by atoms with Crippen LogP contribution in [0.15, 0.2) is 18.6 Å². The molecular weight excluding hydrogens is 204 g/mol. The van der Waals surface area contributed by atoms with Crippen molar-refractivity contribution < 1.29 is 4.79 Å². The molecule has 5 nitrogen and oxygen atoms in total. The summed E-state index contributed by atoms with van der Waals surface area (Å²) < 4.78 is 0. The van der Waals surface area contributed by atoms with Crippen molar-refractivity contribution in [2.45, 2.75) is 19.4 Å². The van der Waals surface area contributed by atoms with Crippen LogP contribution in [-0.2, 0) is 0 Å². The van der Waals surface area contributed by atoms with Crippen molar-refractivity contribution in [1.82, 2.24) is 20.2 Å². The van der Waals surface area contributed by atoms with Gasteiger partial charge in [0, 0.05) is 31.5 Å². The molecule has 0 spiro atoms. The van der Waals surface area contributed by atoms with E-state index in [0.717, 1.165) is 26.1 Å². The summed E-state index contributed by atoms with van der Waals surface area (Å²) in [7, 11) is 0. The highest BCUT2D eigenvalue weighted by Gasteiger charge is 2.20. The molecular formula is C11H16N4O. The van der Waals surface area contributed by atoms with Gasteiger partial charge in [-0.15, -0.1) is 0 Å². The lowest BCUT2D eigenvalue weighted by Gasteiger charge is -2.21. The lowest BCUT2D eigenvalue weighted by molar-refractivity contribution is 0.0749. The Morgan fingerprint density at radius 2 is 2.44 bits per heavy atom. The van der Waals surface area contributed by atoms with E-state index in [-0.39, 0.29) is 5.91 Å². The number of hydrogen-bond acceptors (Lipinski definition) is 4. The lowest BCUT2D eigenvalue weighted by atomic mass is 10.3. The largest absolute Gasteiger partial charge is 0.336 e. The first-order chi connectivity index (χ1) is 7.77. The van der Waals surface area contributed by atoms with Gasteiger partial charge in [0.05, 0.1) is 6.20 Å². The second kappa shape index (κ2) is 5.03. The smallest absolute Gasteiger partial charge is 0.274 e. The zero-order valence-electron chi connectivity index (χ0n) is 9.39. The van der Waals surface area contributed by atoms with Crippen LogP contribution in [0.5, 0.6) is 0 Å². The second-order valence-electron chi connectivity index (χ2n) is 4.05. The molecule has 1 fully saturated rings. The van der Waals surface area contributed by atoms with Crippen LogP contribution >= 0.6 is 0 Å². The fourth-order valence-corrected chi connectivity index (χ4v) is 1.86. The number of nitrogens with one attached hydrogen (secondary N) is 1. The number of nitrogens with zero attached hydrogens (tertiary/aromatic N) is 3. The van der Waals surface area contributed by atoms with Gasteiger partial charge in [-0.1, -0.05) is 0 Å². The Morgan fingerprint density at radius 1 is 1.56 bits per heavy atom. The molecule has 0 radical (unpaired) electrons. The third kappa shape index (κ3) is 2.55. The van der Waals surface area contributed by atoms with Gasteiger partial charge in [0.2, 0.25) is 0 Å². The molecule has 1 aliphatic heterocycles. The maximum atomic E-state index is 12.1. The van der Waals surface area contributed by atoms with Crippen LogP contribution in [0.4, 0.5) is 0 Å². The molecule has 1 amide bonds. The topological polar surface area (TPSA) is 58.1 Å². The molecule has 0 aromatic carbocycles.